The molecule has 5 nitrogen and oxygen atoms in total. The van der Waals surface area contributed by atoms with Gasteiger partial charge in [0, 0.05) is 0 Å². The maximum absolute atomic E-state index is 12.4. The minimum atomic E-state index is -1.15. The van der Waals surface area contributed by atoms with Crippen LogP contribution >= 0.6 is 0 Å². The van der Waals surface area contributed by atoms with E-state index in [4.69, 9.17) is 14.2 Å². The van der Waals surface area contributed by atoms with Gasteiger partial charge in [-0.15, -0.1) is 0 Å². The van der Waals surface area contributed by atoms with Crippen molar-refractivity contribution in [2.45, 2.75) is 6.29 Å². The van der Waals surface area contributed by atoms with Crippen LogP contribution in [0.3, 0.4) is 0 Å². The maximum Gasteiger partial charge on any atom is 0.389 e. The predicted octanol–water partition coefficient (Wildman–Crippen LogP) is -0.276. The van der Waals surface area contributed by atoms with Crippen molar-refractivity contribution in [1.82, 2.24) is 0 Å². The summed E-state index contributed by atoms with van der Waals surface area (Å²) in [5, 5.41) is 0. The molecule has 0 unspecified atom stereocenters. The highest BCUT2D eigenvalue weighted by molar-refractivity contribution is 5.74. The van der Waals surface area contributed by atoms with Gasteiger partial charge in [0.2, 0.25) is 0 Å². The normalized spacial score (nSPS) is 10.7. The Balaban J connectivity index is 0.00000312. The van der Waals surface area contributed by atoms with Crippen molar-refractivity contribution < 1.29 is 40.5 Å². The molecule has 0 fully saturated rings. The van der Waals surface area contributed by atoms with Gasteiger partial charge in [0.05, 0.1) is 21.1 Å². The molecule has 2 aromatic rings. The smallest absolute Gasteiger partial charge is 0.389 e. The van der Waals surface area contributed by atoms with Gasteiger partial charge in [-0.3, -0.25) is 0 Å². The monoisotopic (exact) mass is 409 g/mol. The third kappa shape index (κ3) is 8.05. The van der Waals surface area contributed by atoms with Gasteiger partial charge in [-0.2, -0.15) is 0 Å². The van der Waals surface area contributed by atoms with Crippen LogP contribution in [0, 0.1) is 0 Å². The molecule has 0 amide bonds. The van der Waals surface area contributed by atoms with Crippen LogP contribution in [0.4, 0.5) is 0 Å². The molecule has 6 heteroatoms. The highest BCUT2D eigenvalue weighted by atomic mass is 79.9. The van der Waals surface area contributed by atoms with E-state index in [1.165, 1.54) is 0 Å². The molecule has 0 atom stereocenters. The second-order valence-corrected chi connectivity index (χ2v) is 6.38. The summed E-state index contributed by atoms with van der Waals surface area (Å²) >= 11 is 0. The number of benzene rings is 2. The fourth-order valence-electron chi connectivity index (χ4n) is 1.85. The van der Waals surface area contributed by atoms with E-state index in [2.05, 4.69) is 0 Å². The number of quaternary nitrogens is 1. The zero-order valence-electron chi connectivity index (χ0n) is 14.7. The van der Waals surface area contributed by atoms with Gasteiger partial charge in [0.15, 0.2) is 0 Å². The fourth-order valence-corrected chi connectivity index (χ4v) is 1.85. The summed E-state index contributed by atoms with van der Waals surface area (Å²) in [5.74, 6) is 0.542. The van der Waals surface area contributed by atoms with E-state index in [0.29, 0.717) is 29.1 Å². The van der Waals surface area contributed by atoms with Crippen molar-refractivity contribution in [2.75, 3.05) is 34.3 Å². The Morgan fingerprint density at radius 2 is 1.32 bits per heavy atom. The highest BCUT2D eigenvalue weighted by Gasteiger charge is 2.25. The van der Waals surface area contributed by atoms with Gasteiger partial charge in [-0.05, 0) is 24.3 Å². The minimum absolute atomic E-state index is 0. The summed E-state index contributed by atoms with van der Waals surface area (Å²) in [6.07, 6.45) is -1.15. The molecular formula is C19H24BrNO4. The van der Waals surface area contributed by atoms with Gasteiger partial charge in [-0.1, -0.05) is 36.4 Å². The number of hydrogen-bond donors (Lipinski definition) is 0. The number of nitrogens with zero attached hydrogens (tertiary/aromatic N) is 1. The topological polar surface area (TPSA) is 44.8 Å². The van der Waals surface area contributed by atoms with E-state index in [1.54, 1.807) is 24.3 Å². The lowest BCUT2D eigenvalue weighted by atomic mass is 10.3. The van der Waals surface area contributed by atoms with Crippen molar-refractivity contribution in [1.29, 1.82) is 0 Å². The molecule has 0 saturated heterocycles. The molecule has 0 radical (unpaired) electrons. The van der Waals surface area contributed by atoms with Crippen LogP contribution in [0.15, 0.2) is 60.7 Å². The molecule has 0 heterocycles. The predicted molar refractivity (Wildman–Crippen MR) is 91.8 cm³/mol. The molecule has 2 rings (SSSR count). The molecule has 0 bridgehead atoms. The van der Waals surface area contributed by atoms with Crippen LogP contribution < -0.4 is 26.5 Å². The van der Waals surface area contributed by atoms with E-state index in [9.17, 15) is 4.79 Å². The van der Waals surface area contributed by atoms with Crippen molar-refractivity contribution >= 4 is 5.97 Å². The van der Waals surface area contributed by atoms with Crippen molar-refractivity contribution in [3.05, 3.63) is 60.7 Å². The molecule has 0 aliphatic carbocycles. The van der Waals surface area contributed by atoms with Crippen molar-refractivity contribution in [2.24, 2.45) is 0 Å². The summed E-state index contributed by atoms with van der Waals surface area (Å²) in [6, 6.07) is 18.1. The van der Waals surface area contributed by atoms with Crippen LogP contribution in [0.5, 0.6) is 11.5 Å². The van der Waals surface area contributed by atoms with Crippen molar-refractivity contribution in [3.63, 3.8) is 0 Å². The van der Waals surface area contributed by atoms with E-state index >= 15 is 0 Å². The number of carbonyl (C=O) groups is 1. The molecule has 0 aliphatic rings. The average Bonchev–Trinajstić information content (AvgIpc) is 2.55. The third-order valence-corrected chi connectivity index (χ3v) is 3.17. The Morgan fingerprint density at radius 1 is 0.880 bits per heavy atom. The summed E-state index contributed by atoms with van der Waals surface area (Å²) in [5.41, 5.74) is 0. The minimum Gasteiger partial charge on any atom is -1.00 e. The Bertz CT molecular complexity index is 587. The summed E-state index contributed by atoms with van der Waals surface area (Å²) in [7, 11) is 6.10. The van der Waals surface area contributed by atoms with Gasteiger partial charge in [-0.25, -0.2) is 4.79 Å². The number of carbonyl (C=O) groups excluding carboxylic acids is 1. The van der Waals surface area contributed by atoms with Gasteiger partial charge in [0.25, 0.3) is 0 Å². The van der Waals surface area contributed by atoms with E-state index in [-0.39, 0.29) is 17.0 Å². The van der Waals surface area contributed by atoms with Crippen LogP contribution in [-0.4, -0.2) is 51.0 Å². The lowest BCUT2D eigenvalue weighted by molar-refractivity contribution is -0.870. The second-order valence-electron chi connectivity index (χ2n) is 6.38. The fraction of sp³-hybridized carbons (Fsp3) is 0.316. The number of halogens is 1. The number of ether oxygens (including phenoxy) is 3. The van der Waals surface area contributed by atoms with Crippen LogP contribution in [-0.2, 0) is 9.53 Å². The van der Waals surface area contributed by atoms with E-state index in [1.807, 2.05) is 57.5 Å². The molecule has 136 valence electrons. The SMILES string of the molecule is C[N+](C)(C)CCOC(=O)C(Oc1ccccc1)Oc1ccccc1.[Br-]. The standard InChI is InChI=1S/C19H24NO4.BrH/c1-20(2,3)14-15-22-18(21)19(23-16-10-6-4-7-11-16)24-17-12-8-5-9-13-17;/h4-13,19H,14-15H2,1-3H3;1H/q+1;/p-1. The Labute approximate surface area is 159 Å². The molecule has 0 N–H and O–H groups in total. The first-order valence-corrected chi connectivity index (χ1v) is 7.84. The number of likely N-dealkylation sites (N-methyl/N-ethyl adjacent to an activating group) is 1. The summed E-state index contributed by atoms with van der Waals surface area (Å²) in [6.45, 7) is 1.00. The quantitative estimate of drug-likeness (QED) is 0.341. The number of hydrogen-bond acceptors (Lipinski definition) is 4. The van der Waals surface area contributed by atoms with E-state index < -0.39 is 12.3 Å². The Hall–Kier alpha value is -2.05. The number of para-hydroxylation sites is 2. The molecule has 25 heavy (non-hydrogen) atoms. The number of esters is 1. The average molecular weight is 410 g/mol. The first kappa shape index (κ1) is 21.0. The van der Waals surface area contributed by atoms with Crippen LogP contribution in [0.25, 0.3) is 0 Å². The highest BCUT2D eigenvalue weighted by Crippen LogP contribution is 2.16. The first-order chi connectivity index (χ1) is 11.4. The zero-order chi connectivity index (χ0) is 17.4. The van der Waals surface area contributed by atoms with Crippen molar-refractivity contribution in [3.8, 4) is 11.5 Å². The Morgan fingerprint density at radius 3 is 1.72 bits per heavy atom. The largest absolute Gasteiger partial charge is 1.00 e. The lowest BCUT2D eigenvalue weighted by Crippen LogP contribution is -3.00. The number of rotatable bonds is 8. The summed E-state index contributed by atoms with van der Waals surface area (Å²) in [4.78, 5) is 12.4. The molecule has 2 aromatic carbocycles. The van der Waals surface area contributed by atoms with Gasteiger partial charge < -0.3 is 35.7 Å². The van der Waals surface area contributed by atoms with Crippen LogP contribution in [0.1, 0.15) is 0 Å². The van der Waals surface area contributed by atoms with Crippen LogP contribution in [0.2, 0.25) is 0 Å². The second kappa shape index (κ2) is 10.1. The molecule has 0 saturated carbocycles. The summed E-state index contributed by atoms with van der Waals surface area (Å²) < 4.78 is 17.3. The first-order valence-electron chi connectivity index (χ1n) is 7.84. The van der Waals surface area contributed by atoms with E-state index in [0.717, 1.165) is 0 Å². The molecule has 0 aliphatic heterocycles. The van der Waals surface area contributed by atoms with Gasteiger partial charge in [0.1, 0.15) is 24.7 Å². The zero-order valence-corrected chi connectivity index (χ0v) is 16.3. The Kier molecular flexibility index (Phi) is 8.45. The van der Waals surface area contributed by atoms with Gasteiger partial charge >= 0.3 is 12.3 Å². The molecule has 0 aromatic heterocycles. The maximum atomic E-state index is 12.4. The molecular weight excluding hydrogens is 386 g/mol. The lowest BCUT2D eigenvalue weighted by Gasteiger charge is -2.24. The third-order valence-electron chi connectivity index (χ3n) is 3.17. The molecule has 0 spiro atoms.